The molecule has 0 atom stereocenters. The van der Waals surface area contributed by atoms with Crippen LogP contribution in [0.3, 0.4) is 0 Å². The Morgan fingerprint density at radius 1 is 1.00 bits per heavy atom. The largest absolute Gasteiger partial charge is 0.279 e. The van der Waals surface area contributed by atoms with Gasteiger partial charge in [-0.15, -0.1) is 0 Å². The second-order valence-electron chi connectivity index (χ2n) is 4.18. The summed E-state index contributed by atoms with van der Waals surface area (Å²) in [5.74, 6) is 0. The molecule has 2 aromatic carbocycles. The first-order valence-corrected chi connectivity index (χ1v) is 7.95. The van der Waals surface area contributed by atoms with Gasteiger partial charge in [-0.1, -0.05) is 42.5 Å². The lowest BCUT2D eigenvalue weighted by molar-refractivity contribution is 0.108. The number of carbonyl (C=O) groups is 1. The highest BCUT2D eigenvalue weighted by Crippen LogP contribution is 2.19. The number of hydrogen-bond donors (Lipinski definition) is 1. The minimum Gasteiger partial charge on any atom is -0.279 e. The summed E-state index contributed by atoms with van der Waals surface area (Å²) >= 11 is 5.42. The van der Waals surface area contributed by atoms with Crippen molar-refractivity contribution >= 4 is 38.6 Å². The topological polar surface area (TPSA) is 63.2 Å². The van der Waals surface area contributed by atoms with Crippen molar-refractivity contribution in [3.63, 3.8) is 0 Å². The van der Waals surface area contributed by atoms with Gasteiger partial charge in [0.2, 0.25) is 0 Å². The van der Waals surface area contributed by atoms with Crippen LogP contribution in [-0.4, -0.2) is 13.7 Å². The first-order chi connectivity index (χ1) is 9.98. The molecular weight excluding hydrogens is 310 g/mol. The molecule has 0 fully saturated rings. The number of benzene rings is 2. The van der Waals surface area contributed by atoms with Crippen molar-refractivity contribution in [3.05, 3.63) is 71.1 Å². The van der Waals surface area contributed by atoms with Gasteiger partial charge in [-0.25, -0.2) is 8.42 Å². The predicted molar refractivity (Wildman–Crippen MR) is 84.6 cm³/mol. The molecule has 0 unspecified atom stereocenters. The molecule has 1 N–H and O–H groups in total. The van der Waals surface area contributed by atoms with Gasteiger partial charge in [0.25, 0.3) is 15.3 Å². The number of hydrogen-bond acceptors (Lipinski definition) is 3. The molecule has 0 radical (unpaired) electrons. The van der Waals surface area contributed by atoms with Gasteiger partial charge in [0.05, 0.1) is 16.7 Å². The zero-order chi connectivity index (χ0) is 15.3. The molecule has 0 aliphatic carbocycles. The number of para-hydroxylation sites is 1. The molecule has 0 spiro atoms. The molecular formula is C15H12ClNO3S. The highest BCUT2D eigenvalue weighted by molar-refractivity contribution is 7.95. The van der Waals surface area contributed by atoms with Crippen molar-refractivity contribution < 1.29 is 13.2 Å². The molecule has 4 nitrogen and oxygen atoms in total. The third-order valence-corrected chi connectivity index (χ3v) is 3.83. The summed E-state index contributed by atoms with van der Waals surface area (Å²) in [6.45, 7) is 0. The number of rotatable bonds is 5. The van der Waals surface area contributed by atoms with Crippen LogP contribution in [-0.2, 0) is 10.0 Å². The van der Waals surface area contributed by atoms with E-state index < -0.39 is 15.3 Å². The third kappa shape index (κ3) is 4.44. The zero-order valence-corrected chi connectivity index (χ0v) is 12.4. The molecule has 6 heteroatoms. The lowest BCUT2D eigenvalue weighted by Crippen LogP contribution is -2.11. The van der Waals surface area contributed by atoms with Crippen LogP contribution in [0.4, 0.5) is 5.69 Å². The first kappa shape index (κ1) is 15.3. The summed E-state index contributed by atoms with van der Waals surface area (Å²) in [5.41, 5.74) is 1.01. The van der Waals surface area contributed by atoms with E-state index in [1.54, 1.807) is 36.4 Å². The second kappa shape index (κ2) is 6.56. The summed E-state index contributed by atoms with van der Waals surface area (Å²) in [6, 6.07) is 15.2. The zero-order valence-electron chi connectivity index (χ0n) is 10.9. The van der Waals surface area contributed by atoms with Crippen LogP contribution < -0.4 is 4.72 Å². The second-order valence-corrected chi connectivity index (χ2v) is 6.09. The van der Waals surface area contributed by atoms with E-state index in [1.807, 2.05) is 6.07 Å². The molecule has 0 amide bonds. The van der Waals surface area contributed by atoms with Crippen LogP contribution in [0, 0.1) is 0 Å². The monoisotopic (exact) mass is 321 g/mol. The molecule has 0 aliphatic heterocycles. The molecule has 108 valence electrons. The van der Waals surface area contributed by atoms with Crippen molar-refractivity contribution in [1.29, 1.82) is 0 Å². The summed E-state index contributed by atoms with van der Waals surface area (Å²) in [5, 5.41) is 0.318. The Balaban J connectivity index is 2.23. The average Bonchev–Trinajstić information content (AvgIpc) is 2.46. The van der Waals surface area contributed by atoms with Gasteiger partial charge in [0.15, 0.2) is 0 Å². The van der Waals surface area contributed by atoms with E-state index in [1.165, 1.54) is 18.2 Å². The Kier molecular flexibility index (Phi) is 4.77. The van der Waals surface area contributed by atoms with Crippen LogP contribution in [0.25, 0.3) is 6.08 Å². The van der Waals surface area contributed by atoms with Crippen molar-refractivity contribution in [2.45, 2.75) is 0 Å². The number of halogens is 1. The van der Waals surface area contributed by atoms with Gasteiger partial charge in [0.1, 0.15) is 0 Å². The third-order valence-electron chi connectivity index (χ3n) is 2.63. The number of sulfonamides is 1. The van der Waals surface area contributed by atoms with Gasteiger partial charge in [-0.05, 0) is 35.4 Å². The lowest BCUT2D eigenvalue weighted by atomic mass is 10.2. The highest BCUT2D eigenvalue weighted by atomic mass is 35.5. The molecule has 21 heavy (non-hydrogen) atoms. The maximum atomic E-state index is 12.0. The summed E-state index contributed by atoms with van der Waals surface area (Å²) in [6.07, 6.45) is 1.47. The van der Waals surface area contributed by atoms with Crippen molar-refractivity contribution in [2.75, 3.05) is 4.72 Å². The summed E-state index contributed by atoms with van der Waals surface area (Å²) < 4.78 is 26.3. The van der Waals surface area contributed by atoms with Crippen LogP contribution in [0.2, 0.25) is 0 Å². The Bertz CT molecular complexity index is 771. The lowest BCUT2D eigenvalue weighted by Gasteiger charge is -2.07. The molecule has 0 saturated carbocycles. The molecule has 0 bridgehead atoms. The quantitative estimate of drug-likeness (QED) is 0.857. The fourth-order valence-electron chi connectivity index (χ4n) is 1.66. The average molecular weight is 322 g/mol. The van der Waals surface area contributed by atoms with Crippen LogP contribution in [0.5, 0.6) is 0 Å². The fraction of sp³-hybridized carbons (Fsp3) is 0. The van der Waals surface area contributed by atoms with Gasteiger partial charge in [-0.2, -0.15) is 0 Å². The maximum absolute atomic E-state index is 12.0. The van der Waals surface area contributed by atoms with E-state index >= 15 is 0 Å². The number of nitrogens with one attached hydrogen (secondary N) is 1. The Hall–Kier alpha value is -2.11. The minimum absolute atomic E-state index is 0.107. The van der Waals surface area contributed by atoms with Gasteiger partial charge < -0.3 is 0 Å². The Labute approximate surface area is 128 Å². The molecule has 0 aromatic heterocycles. The van der Waals surface area contributed by atoms with E-state index in [-0.39, 0.29) is 11.3 Å². The molecule has 0 saturated heterocycles. The summed E-state index contributed by atoms with van der Waals surface area (Å²) in [4.78, 5) is 11.2. The fourth-order valence-corrected chi connectivity index (χ4v) is 2.72. The van der Waals surface area contributed by atoms with Crippen LogP contribution >= 0.6 is 11.6 Å². The van der Waals surface area contributed by atoms with E-state index in [2.05, 4.69) is 4.72 Å². The molecule has 0 aliphatic rings. The Morgan fingerprint density at radius 3 is 2.29 bits per heavy atom. The summed E-state index contributed by atoms with van der Waals surface area (Å²) in [7, 11) is -3.73. The first-order valence-electron chi connectivity index (χ1n) is 6.03. The van der Waals surface area contributed by atoms with Crippen molar-refractivity contribution in [3.8, 4) is 0 Å². The van der Waals surface area contributed by atoms with E-state index in [0.717, 1.165) is 11.0 Å². The maximum Gasteiger partial charge on any atom is 0.255 e. The predicted octanol–water partition coefficient (Wildman–Crippen LogP) is 3.48. The standard InChI is InChI=1S/C15H12ClNO3S/c16-15(18)13-8-4-5-9-14(13)17-21(19,20)11-10-12-6-2-1-3-7-12/h1-11,17H. The van der Waals surface area contributed by atoms with E-state index in [9.17, 15) is 13.2 Å². The highest BCUT2D eigenvalue weighted by Gasteiger charge is 2.12. The smallest absolute Gasteiger partial charge is 0.255 e. The van der Waals surface area contributed by atoms with E-state index in [4.69, 9.17) is 11.6 Å². The number of carbonyl (C=O) groups excluding carboxylic acids is 1. The van der Waals surface area contributed by atoms with Crippen LogP contribution in [0.15, 0.2) is 60.0 Å². The normalized spacial score (nSPS) is 11.5. The van der Waals surface area contributed by atoms with Gasteiger partial charge in [0, 0.05) is 0 Å². The van der Waals surface area contributed by atoms with Crippen molar-refractivity contribution in [2.24, 2.45) is 0 Å². The minimum atomic E-state index is -3.73. The van der Waals surface area contributed by atoms with Crippen molar-refractivity contribution in [1.82, 2.24) is 0 Å². The van der Waals surface area contributed by atoms with E-state index in [0.29, 0.717) is 0 Å². The molecule has 2 rings (SSSR count). The SMILES string of the molecule is O=C(Cl)c1ccccc1NS(=O)(=O)C=Cc1ccccc1. The molecule has 0 heterocycles. The van der Waals surface area contributed by atoms with Crippen LogP contribution in [0.1, 0.15) is 15.9 Å². The number of anilines is 1. The van der Waals surface area contributed by atoms with Gasteiger partial charge >= 0.3 is 0 Å². The molecule has 2 aromatic rings. The van der Waals surface area contributed by atoms with Gasteiger partial charge in [-0.3, -0.25) is 9.52 Å². The Morgan fingerprint density at radius 2 is 1.62 bits per heavy atom.